The topological polar surface area (TPSA) is 26.3 Å². The van der Waals surface area contributed by atoms with Gasteiger partial charge in [0, 0.05) is 17.0 Å². The maximum Gasteiger partial charge on any atom is 0.185 e. The van der Waals surface area contributed by atoms with Gasteiger partial charge in [0.25, 0.3) is 0 Å². The second-order valence-corrected chi connectivity index (χ2v) is 6.49. The van der Waals surface area contributed by atoms with Crippen molar-refractivity contribution in [3.8, 4) is 5.75 Å². The lowest BCUT2D eigenvalue weighted by atomic mass is 9.99. The zero-order valence-corrected chi connectivity index (χ0v) is 13.4. The van der Waals surface area contributed by atoms with Crippen molar-refractivity contribution in [3.05, 3.63) is 70.3 Å². The number of fused-ring (bicyclic) bond motifs is 1. The van der Waals surface area contributed by atoms with Crippen LogP contribution in [0.3, 0.4) is 0 Å². The molecule has 0 spiro atoms. The monoisotopic (exact) mass is 312 g/mol. The van der Waals surface area contributed by atoms with Gasteiger partial charge in [-0.2, -0.15) is 0 Å². The molecule has 0 bridgehead atoms. The first kappa shape index (κ1) is 14.9. The third kappa shape index (κ3) is 3.07. The van der Waals surface area contributed by atoms with Crippen molar-refractivity contribution < 1.29 is 9.53 Å². The van der Waals surface area contributed by atoms with Crippen LogP contribution < -0.4 is 4.74 Å². The average Bonchev–Trinajstić information content (AvgIpc) is 2.78. The number of hydrogen-bond acceptors (Lipinski definition) is 2. The first-order chi connectivity index (χ1) is 10.4. The number of rotatable bonds is 3. The minimum Gasteiger partial charge on any atom is -0.487 e. The number of ether oxygens (including phenoxy) is 1. The minimum absolute atomic E-state index is 0.0348. The van der Waals surface area contributed by atoms with Gasteiger partial charge < -0.3 is 4.74 Å². The summed E-state index contributed by atoms with van der Waals surface area (Å²) in [6.45, 7) is 4.09. The van der Waals surface area contributed by atoms with Crippen molar-refractivity contribution in [2.24, 2.45) is 0 Å². The first-order valence-electron chi connectivity index (χ1n) is 7.23. The van der Waals surface area contributed by atoms with Gasteiger partial charge in [-0.05, 0) is 61.4 Å². The third-order valence-corrected chi connectivity index (χ3v) is 4.01. The Labute approximate surface area is 135 Å². The standard InChI is InChI=1S/C19H17ClO2/c1-19(2)12-15-11-14(8-10-18(15)22-19)17(21)9-7-13-5-3-4-6-16(13)20/h3-11H,12H2,1-2H3. The molecule has 0 fully saturated rings. The smallest absolute Gasteiger partial charge is 0.185 e. The molecule has 0 unspecified atom stereocenters. The highest BCUT2D eigenvalue weighted by molar-refractivity contribution is 6.32. The SMILES string of the molecule is CC1(C)Cc2cc(C(=O)C=Cc3ccccc3Cl)ccc2O1. The van der Waals surface area contributed by atoms with Crippen LogP contribution in [0.2, 0.25) is 5.02 Å². The van der Waals surface area contributed by atoms with E-state index in [0.29, 0.717) is 10.6 Å². The summed E-state index contributed by atoms with van der Waals surface area (Å²) >= 11 is 6.08. The Morgan fingerprint density at radius 1 is 1.23 bits per heavy atom. The first-order valence-corrected chi connectivity index (χ1v) is 7.61. The van der Waals surface area contributed by atoms with Crippen molar-refractivity contribution in [2.75, 3.05) is 0 Å². The Morgan fingerprint density at radius 2 is 2.00 bits per heavy atom. The van der Waals surface area contributed by atoms with Gasteiger partial charge in [0.1, 0.15) is 11.4 Å². The van der Waals surface area contributed by atoms with Crippen molar-refractivity contribution in [1.29, 1.82) is 0 Å². The summed E-state index contributed by atoms with van der Waals surface area (Å²) in [5, 5.41) is 0.635. The van der Waals surface area contributed by atoms with E-state index in [1.54, 1.807) is 24.3 Å². The lowest BCUT2D eigenvalue weighted by Crippen LogP contribution is -2.24. The van der Waals surface area contributed by atoms with E-state index >= 15 is 0 Å². The normalized spacial score (nSPS) is 15.6. The molecule has 0 saturated carbocycles. The zero-order valence-electron chi connectivity index (χ0n) is 12.6. The van der Waals surface area contributed by atoms with Gasteiger partial charge in [0.05, 0.1) is 0 Å². The number of hydrogen-bond donors (Lipinski definition) is 0. The lowest BCUT2D eigenvalue weighted by Gasteiger charge is -2.16. The molecule has 2 aromatic rings. The number of allylic oxidation sites excluding steroid dienone is 1. The van der Waals surface area contributed by atoms with Gasteiger partial charge in [-0.25, -0.2) is 0 Å². The van der Waals surface area contributed by atoms with Crippen molar-refractivity contribution >= 4 is 23.5 Å². The fourth-order valence-electron chi connectivity index (χ4n) is 2.63. The summed E-state index contributed by atoms with van der Waals surface area (Å²) in [7, 11) is 0. The Hall–Kier alpha value is -2.06. The van der Waals surface area contributed by atoms with E-state index in [-0.39, 0.29) is 11.4 Å². The molecule has 1 aliphatic rings. The molecule has 3 rings (SSSR count). The summed E-state index contributed by atoms with van der Waals surface area (Å²) in [6.07, 6.45) is 4.12. The van der Waals surface area contributed by atoms with Crippen LogP contribution in [0, 0.1) is 0 Å². The van der Waals surface area contributed by atoms with Gasteiger partial charge >= 0.3 is 0 Å². The predicted molar refractivity (Wildman–Crippen MR) is 89.7 cm³/mol. The van der Waals surface area contributed by atoms with Crippen molar-refractivity contribution in [2.45, 2.75) is 25.9 Å². The van der Waals surface area contributed by atoms with Gasteiger partial charge in [0.2, 0.25) is 0 Å². The summed E-state index contributed by atoms with van der Waals surface area (Å²) in [5.74, 6) is 0.837. The Morgan fingerprint density at radius 3 is 2.77 bits per heavy atom. The molecule has 112 valence electrons. The highest BCUT2D eigenvalue weighted by Gasteiger charge is 2.30. The fraction of sp³-hybridized carbons (Fsp3) is 0.211. The molecule has 2 aromatic carbocycles. The van der Waals surface area contributed by atoms with E-state index in [1.165, 1.54) is 0 Å². The molecular weight excluding hydrogens is 296 g/mol. The van der Waals surface area contributed by atoms with Crippen molar-refractivity contribution in [1.82, 2.24) is 0 Å². The van der Waals surface area contributed by atoms with Crippen LogP contribution in [0.4, 0.5) is 0 Å². The van der Waals surface area contributed by atoms with E-state index < -0.39 is 0 Å². The number of ketones is 1. The van der Waals surface area contributed by atoms with Gasteiger partial charge in [-0.1, -0.05) is 29.8 Å². The fourth-order valence-corrected chi connectivity index (χ4v) is 2.83. The molecule has 0 amide bonds. The zero-order chi connectivity index (χ0) is 15.7. The van der Waals surface area contributed by atoms with E-state index in [4.69, 9.17) is 16.3 Å². The van der Waals surface area contributed by atoms with Gasteiger partial charge in [-0.3, -0.25) is 4.79 Å². The van der Waals surface area contributed by atoms with Gasteiger partial charge in [-0.15, -0.1) is 0 Å². The predicted octanol–water partition coefficient (Wildman–Crippen LogP) is 4.95. The Balaban J connectivity index is 1.81. The average molecular weight is 313 g/mol. The molecule has 0 saturated heterocycles. The molecule has 0 N–H and O–H groups in total. The molecule has 1 aliphatic heterocycles. The van der Waals surface area contributed by atoms with Crippen LogP contribution in [0.25, 0.3) is 6.08 Å². The summed E-state index contributed by atoms with van der Waals surface area (Å²) in [6, 6.07) is 13.0. The maximum absolute atomic E-state index is 12.3. The summed E-state index contributed by atoms with van der Waals surface area (Å²) in [5.41, 5.74) is 2.39. The maximum atomic E-state index is 12.3. The Bertz CT molecular complexity index is 760. The number of carbonyl (C=O) groups excluding carboxylic acids is 1. The highest BCUT2D eigenvalue weighted by Crippen LogP contribution is 2.35. The second-order valence-electron chi connectivity index (χ2n) is 6.08. The largest absolute Gasteiger partial charge is 0.487 e. The van der Waals surface area contributed by atoms with E-state index in [9.17, 15) is 4.79 Å². The van der Waals surface area contributed by atoms with Crippen LogP contribution in [-0.2, 0) is 6.42 Å². The molecule has 1 heterocycles. The van der Waals surface area contributed by atoms with Crippen LogP contribution >= 0.6 is 11.6 Å². The number of halogens is 1. The quantitative estimate of drug-likeness (QED) is 0.592. The van der Waals surface area contributed by atoms with Crippen LogP contribution in [0.15, 0.2) is 48.5 Å². The Kier molecular flexibility index (Phi) is 3.79. The molecule has 0 atom stereocenters. The van der Waals surface area contributed by atoms with Crippen LogP contribution in [0.5, 0.6) is 5.75 Å². The molecule has 0 aromatic heterocycles. The van der Waals surface area contributed by atoms with Crippen LogP contribution in [0.1, 0.15) is 35.3 Å². The van der Waals surface area contributed by atoms with Crippen LogP contribution in [-0.4, -0.2) is 11.4 Å². The minimum atomic E-state index is -0.197. The third-order valence-electron chi connectivity index (χ3n) is 3.67. The van der Waals surface area contributed by atoms with Gasteiger partial charge in [0.15, 0.2) is 5.78 Å². The highest BCUT2D eigenvalue weighted by atomic mass is 35.5. The van der Waals surface area contributed by atoms with E-state index in [2.05, 4.69) is 0 Å². The summed E-state index contributed by atoms with van der Waals surface area (Å²) < 4.78 is 5.83. The molecule has 0 radical (unpaired) electrons. The molecule has 2 nitrogen and oxygen atoms in total. The molecule has 22 heavy (non-hydrogen) atoms. The second kappa shape index (κ2) is 5.62. The molecular formula is C19H17ClO2. The van der Waals surface area contributed by atoms with E-state index in [1.807, 2.05) is 44.2 Å². The number of benzene rings is 2. The molecule has 0 aliphatic carbocycles. The summed E-state index contributed by atoms with van der Waals surface area (Å²) in [4.78, 5) is 12.3. The lowest BCUT2D eigenvalue weighted by molar-refractivity contribution is 0.104. The number of carbonyl (C=O) groups is 1. The van der Waals surface area contributed by atoms with E-state index in [0.717, 1.165) is 23.3 Å². The molecule has 3 heteroatoms. The van der Waals surface area contributed by atoms with Crippen molar-refractivity contribution in [3.63, 3.8) is 0 Å².